The average molecular weight is 402 g/mol. The molecule has 3 aromatic rings. The summed E-state index contributed by atoms with van der Waals surface area (Å²) in [6.45, 7) is 3.98. The summed E-state index contributed by atoms with van der Waals surface area (Å²) < 4.78 is 26.1. The van der Waals surface area contributed by atoms with Crippen molar-refractivity contribution in [2.24, 2.45) is 5.14 Å². The van der Waals surface area contributed by atoms with E-state index < -0.39 is 16.1 Å². The Morgan fingerprint density at radius 3 is 2.36 bits per heavy atom. The highest BCUT2D eigenvalue weighted by Gasteiger charge is 2.17. The first-order valence-corrected chi connectivity index (χ1v) is 10.4. The second kappa shape index (κ2) is 7.61. The third-order valence-corrected chi connectivity index (χ3v) is 5.52. The molecule has 1 unspecified atom stereocenters. The summed E-state index contributed by atoms with van der Waals surface area (Å²) in [6.07, 6.45) is 0. The number of amides is 1. The van der Waals surface area contributed by atoms with Crippen LogP contribution in [0.3, 0.4) is 0 Å². The van der Waals surface area contributed by atoms with Crippen LogP contribution in [0.5, 0.6) is 0 Å². The van der Waals surface area contributed by atoms with Crippen LogP contribution in [0.25, 0.3) is 11.0 Å². The number of aryl methyl sites for hydroxylation is 1. The number of carbonyl (C=O) groups is 1. The average Bonchev–Trinajstić information content (AvgIpc) is 2.92. The molecule has 0 fully saturated rings. The summed E-state index contributed by atoms with van der Waals surface area (Å²) in [6, 6.07) is 12.9. The molecular formula is C19H22N4O4S. The molecule has 2 aromatic carbocycles. The fourth-order valence-electron chi connectivity index (χ4n) is 3.21. The smallest absolute Gasteiger partial charge is 0.329 e. The number of aromatic nitrogens is 2. The monoisotopic (exact) mass is 402 g/mol. The van der Waals surface area contributed by atoms with Crippen molar-refractivity contribution in [3.05, 3.63) is 64.6 Å². The number of benzene rings is 2. The van der Waals surface area contributed by atoms with E-state index in [1.807, 2.05) is 25.1 Å². The van der Waals surface area contributed by atoms with E-state index in [1.165, 1.54) is 16.7 Å². The highest BCUT2D eigenvalue weighted by Crippen LogP contribution is 2.17. The number of primary sulfonamides is 1. The number of hydrogen-bond donors (Lipinski definition) is 2. The van der Waals surface area contributed by atoms with E-state index in [-0.39, 0.29) is 23.0 Å². The van der Waals surface area contributed by atoms with Crippen molar-refractivity contribution in [2.75, 3.05) is 0 Å². The summed E-state index contributed by atoms with van der Waals surface area (Å²) >= 11 is 0. The Labute approximate surface area is 162 Å². The Balaban J connectivity index is 1.83. The van der Waals surface area contributed by atoms with E-state index in [0.29, 0.717) is 17.6 Å². The van der Waals surface area contributed by atoms with Crippen LogP contribution in [0.15, 0.2) is 58.2 Å². The predicted molar refractivity (Wildman–Crippen MR) is 106 cm³/mol. The molecule has 148 valence electrons. The van der Waals surface area contributed by atoms with Gasteiger partial charge in [-0.05, 0) is 43.7 Å². The second-order valence-corrected chi connectivity index (χ2v) is 8.07. The molecule has 0 bridgehead atoms. The minimum Gasteiger partial charge on any atom is -0.348 e. The van der Waals surface area contributed by atoms with Gasteiger partial charge in [0.2, 0.25) is 15.9 Å². The number of nitrogens with zero attached hydrogens (tertiary/aromatic N) is 2. The van der Waals surface area contributed by atoms with Gasteiger partial charge in [0.1, 0.15) is 6.54 Å². The van der Waals surface area contributed by atoms with Crippen molar-refractivity contribution < 1.29 is 13.2 Å². The van der Waals surface area contributed by atoms with Crippen LogP contribution in [-0.4, -0.2) is 23.5 Å². The third-order valence-electron chi connectivity index (χ3n) is 4.61. The zero-order valence-electron chi connectivity index (χ0n) is 15.6. The quantitative estimate of drug-likeness (QED) is 0.647. The summed E-state index contributed by atoms with van der Waals surface area (Å²) in [5.41, 5.74) is 1.82. The van der Waals surface area contributed by atoms with E-state index >= 15 is 0 Å². The normalized spacial score (nSPS) is 12.8. The van der Waals surface area contributed by atoms with Crippen molar-refractivity contribution >= 4 is 27.0 Å². The van der Waals surface area contributed by atoms with E-state index in [4.69, 9.17) is 5.14 Å². The van der Waals surface area contributed by atoms with Crippen LogP contribution in [0.2, 0.25) is 0 Å². The van der Waals surface area contributed by atoms with Gasteiger partial charge in [-0.15, -0.1) is 0 Å². The molecule has 8 nitrogen and oxygen atoms in total. The lowest BCUT2D eigenvalue weighted by Gasteiger charge is -2.15. The van der Waals surface area contributed by atoms with Crippen LogP contribution in [-0.2, 0) is 27.9 Å². The Bertz CT molecular complexity index is 1190. The number of nitrogens with two attached hydrogens (primary N) is 1. The van der Waals surface area contributed by atoms with Gasteiger partial charge in [-0.1, -0.05) is 24.3 Å². The predicted octanol–water partition coefficient (Wildman–Crippen LogP) is 1.35. The molecule has 0 aliphatic rings. The lowest BCUT2D eigenvalue weighted by atomic mass is 10.1. The highest BCUT2D eigenvalue weighted by molar-refractivity contribution is 7.89. The Hall–Kier alpha value is -2.91. The van der Waals surface area contributed by atoms with Crippen molar-refractivity contribution in [3.8, 4) is 0 Å². The van der Waals surface area contributed by atoms with E-state index in [9.17, 15) is 18.0 Å². The first-order valence-electron chi connectivity index (χ1n) is 8.82. The summed E-state index contributed by atoms with van der Waals surface area (Å²) in [7, 11) is -3.83. The zero-order valence-corrected chi connectivity index (χ0v) is 16.4. The maximum absolute atomic E-state index is 12.6. The molecule has 1 heterocycles. The van der Waals surface area contributed by atoms with Crippen molar-refractivity contribution in [1.82, 2.24) is 14.5 Å². The fourth-order valence-corrected chi connectivity index (χ4v) is 3.77. The molecule has 1 amide bonds. The molecular weight excluding hydrogens is 380 g/mol. The van der Waals surface area contributed by atoms with Gasteiger partial charge in [0.15, 0.2) is 0 Å². The number of imidazole rings is 1. The molecule has 0 aliphatic heterocycles. The standard InChI is InChI=1S/C19H22N4O4S/c1-3-22-16-9-4-5-10-17(16)23(19(22)25)12-18(24)21-13(2)14-7-6-8-15(11-14)28(20,26)27/h4-11,13H,3,12H2,1-2H3,(H,21,24)(H2,20,26,27). The maximum Gasteiger partial charge on any atom is 0.329 e. The molecule has 3 rings (SSSR count). The van der Waals surface area contributed by atoms with Crippen LogP contribution < -0.4 is 16.1 Å². The van der Waals surface area contributed by atoms with Gasteiger partial charge in [-0.2, -0.15) is 0 Å². The van der Waals surface area contributed by atoms with E-state index in [0.717, 1.165) is 5.52 Å². The number of nitrogens with one attached hydrogen (secondary N) is 1. The third kappa shape index (κ3) is 3.85. The molecule has 9 heteroatoms. The van der Waals surface area contributed by atoms with Gasteiger partial charge in [-0.25, -0.2) is 18.4 Å². The van der Waals surface area contributed by atoms with Crippen molar-refractivity contribution in [1.29, 1.82) is 0 Å². The number of para-hydroxylation sites is 2. The SMILES string of the molecule is CCn1c(=O)n(CC(=O)NC(C)c2cccc(S(N)(=O)=O)c2)c2ccccc21. The minimum absolute atomic E-state index is 0.0201. The zero-order chi connectivity index (χ0) is 20.5. The molecule has 0 saturated heterocycles. The highest BCUT2D eigenvalue weighted by atomic mass is 32.2. The first kappa shape index (κ1) is 19.8. The molecule has 0 saturated carbocycles. The van der Waals surface area contributed by atoms with E-state index in [1.54, 1.807) is 29.7 Å². The second-order valence-electron chi connectivity index (χ2n) is 6.51. The van der Waals surface area contributed by atoms with Gasteiger partial charge in [-0.3, -0.25) is 13.9 Å². The lowest BCUT2D eigenvalue weighted by Crippen LogP contribution is -2.34. The molecule has 0 aliphatic carbocycles. The van der Waals surface area contributed by atoms with Crippen molar-refractivity contribution in [3.63, 3.8) is 0 Å². The minimum atomic E-state index is -3.83. The molecule has 1 atom stereocenters. The Morgan fingerprint density at radius 2 is 1.75 bits per heavy atom. The van der Waals surface area contributed by atoms with Crippen LogP contribution >= 0.6 is 0 Å². The van der Waals surface area contributed by atoms with Crippen molar-refractivity contribution in [2.45, 2.75) is 37.9 Å². The molecule has 1 aromatic heterocycles. The summed E-state index contributed by atoms with van der Waals surface area (Å²) in [5.74, 6) is -0.352. The largest absolute Gasteiger partial charge is 0.348 e. The first-order chi connectivity index (χ1) is 13.2. The van der Waals surface area contributed by atoms with Crippen LogP contribution in [0.4, 0.5) is 0 Å². The van der Waals surface area contributed by atoms with Gasteiger partial charge < -0.3 is 5.32 Å². The van der Waals surface area contributed by atoms with Crippen LogP contribution in [0, 0.1) is 0 Å². The number of fused-ring (bicyclic) bond motifs is 1. The lowest BCUT2D eigenvalue weighted by molar-refractivity contribution is -0.122. The van der Waals surface area contributed by atoms with Gasteiger partial charge >= 0.3 is 5.69 Å². The van der Waals surface area contributed by atoms with E-state index in [2.05, 4.69) is 5.32 Å². The number of hydrogen-bond acceptors (Lipinski definition) is 4. The molecule has 0 radical (unpaired) electrons. The van der Waals surface area contributed by atoms with Gasteiger partial charge in [0, 0.05) is 6.54 Å². The van der Waals surface area contributed by atoms with Crippen LogP contribution in [0.1, 0.15) is 25.5 Å². The fraction of sp³-hybridized carbons (Fsp3) is 0.263. The van der Waals surface area contributed by atoms with Gasteiger partial charge in [0.25, 0.3) is 0 Å². The number of carbonyl (C=O) groups excluding carboxylic acids is 1. The molecule has 0 spiro atoms. The Morgan fingerprint density at radius 1 is 1.11 bits per heavy atom. The topological polar surface area (TPSA) is 116 Å². The molecule has 3 N–H and O–H groups in total. The molecule has 28 heavy (non-hydrogen) atoms. The number of rotatable bonds is 6. The Kier molecular flexibility index (Phi) is 5.39. The number of sulfonamides is 1. The summed E-state index contributed by atoms with van der Waals surface area (Å²) in [4.78, 5) is 25.2. The van der Waals surface area contributed by atoms with Gasteiger partial charge in [0.05, 0.1) is 22.0 Å². The maximum atomic E-state index is 12.6. The summed E-state index contributed by atoms with van der Waals surface area (Å²) in [5, 5.41) is 7.96.